The van der Waals surface area contributed by atoms with Crippen LogP contribution in [0.4, 0.5) is 8.78 Å². The third-order valence-corrected chi connectivity index (χ3v) is 3.25. The molecule has 0 aliphatic heterocycles. The molecular formula is C14H18F2N4. The fourth-order valence-electron chi connectivity index (χ4n) is 2.26. The SMILES string of the molecule is CCc1cc(C(Cc2cc(F)cc(F)c2)NN)n(C)n1. The van der Waals surface area contributed by atoms with E-state index in [0.717, 1.165) is 23.9 Å². The van der Waals surface area contributed by atoms with Crippen LogP contribution in [-0.4, -0.2) is 9.78 Å². The Balaban J connectivity index is 2.25. The van der Waals surface area contributed by atoms with Crippen LogP contribution >= 0.6 is 0 Å². The molecule has 0 aliphatic carbocycles. The fourth-order valence-corrected chi connectivity index (χ4v) is 2.26. The van der Waals surface area contributed by atoms with E-state index < -0.39 is 11.6 Å². The third-order valence-electron chi connectivity index (χ3n) is 3.25. The summed E-state index contributed by atoms with van der Waals surface area (Å²) in [5, 5.41) is 4.35. The first-order valence-electron chi connectivity index (χ1n) is 6.47. The van der Waals surface area contributed by atoms with Gasteiger partial charge in [-0.25, -0.2) is 8.78 Å². The minimum Gasteiger partial charge on any atom is -0.271 e. The van der Waals surface area contributed by atoms with Crippen LogP contribution < -0.4 is 11.3 Å². The molecule has 1 aromatic heterocycles. The molecule has 2 rings (SSSR count). The first kappa shape index (κ1) is 14.6. The molecular weight excluding hydrogens is 262 g/mol. The van der Waals surface area contributed by atoms with Crippen molar-refractivity contribution in [2.75, 3.05) is 0 Å². The summed E-state index contributed by atoms with van der Waals surface area (Å²) in [5.74, 6) is 4.39. The number of aromatic nitrogens is 2. The summed E-state index contributed by atoms with van der Waals surface area (Å²) >= 11 is 0. The Hall–Kier alpha value is -1.79. The van der Waals surface area contributed by atoms with Gasteiger partial charge in [0, 0.05) is 13.1 Å². The Morgan fingerprint density at radius 2 is 1.90 bits per heavy atom. The van der Waals surface area contributed by atoms with Gasteiger partial charge in [0.1, 0.15) is 11.6 Å². The number of hydrogen-bond acceptors (Lipinski definition) is 3. The zero-order chi connectivity index (χ0) is 14.7. The number of benzene rings is 1. The maximum Gasteiger partial charge on any atom is 0.126 e. The summed E-state index contributed by atoms with van der Waals surface area (Å²) in [6.07, 6.45) is 1.20. The molecule has 2 aromatic rings. The lowest BCUT2D eigenvalue weighted by Gasteiger charge is -2.16. The standard InChI is InChI=1S/C14H18F2N4/c1-3-12-8-14(20(2)19-12)13(18-17)6-9-4-10(15)7-11(16)5-9/h4-5,7-8,13,18H,3,6,17H2,1-2H3. The number of nitrogens with one attached hydrogen (secondary N) is 1. The van der Waals surface area contributed by atoms with Crippen LogP contribution in [-0.2, 0) is 19.9 Å². The van der Waals surface area contributed by atoms with E-state index in [1.165, 1.54) is 12.1 Å². The van der Waals surface area contributed by atoms with Gasteiger partial charge in [-0.3, -0.25) is 16.0 Å². The average molecular weight is 280 g/mol. The smallest absolute Gasteiger partial charge is 0.126 e. The zero-order valence-corrected chi connectivity index (χ0v) is 11.5. The molecule has 6 heteroatoms. The van der Waals surface area contributed by atoms with Crippen molar-refractivity contribution in [3.63, 3.8) is 0 Å². The molecule has 0 aliphatic rings. The summed E-state index contributed by atoms with van der Waals surface area (Å²) in [6.45, 7) is 2.01. The molecule has 4 nitrogen and oxygen atoms in total. The largest absolute Gasteiger partial charge is 0.271 e. The highest BCUT2D eigenvalue weighted by molar-refractivity contribution is 5.22. The Labute approximate surface area is 116 Å². The van der Waals surface area contributed by atoms with Gasteiger partial charge < -0.3 is 0 Å². The average Bonchev–Trinajstić information content (AvgIpc) is 2.76. The minimum atomic E-state index is -0.588. The molecule has 0 spiro atoms. The van der Waals surface area contributed by atoms with Gasteiger partial charge >= 0.3 is 0 Å². The molecule has 1 atom stereocenters. The maximum absolute atomic E-state index is 13.2. The second-order valence-electron chi connectivity index (χ2n) is 4.74. The summed E-state index contributed by atoms with van der Waals surface area (Å²) in [4.78, 5) is 0. The number of rotatable bonds is 5. The van der Waals surface area contributed by atoms with Crippen LogP contribution in [0.3, 0.4) is 0 Å². The highest BCUT2D eigenvalue weighted by atomic mass is 19.1. The van der Waals surface area contributed by atoms with E-state index in [1.807, 2.05) is 20.0 Å². The molecule has 0 radical (unpaired) electrons. The number of hydrogen-bond donors (Lipinski definition) is 2. The molecule has 0 saturated heterocycles. The van der Waals surface area contributed by atoms with E-state index in [0.29, 0.717) is 12.0 Å². The maximum atomic E-state index is 13.2. The lowest BCUT2D eigenvalue weighted by Crippen LogP contribution is -2.31. The van der Waals surface area contributed by atoms with Crippen molar-refractivity contribution in [2.45, 2.75) is 25.8 Å². The molecule has 20 heavy (non-hydrogen) atoms. The second-order valence-corrected chi connectivity index (χ2v) is 4.74. The van der Waals surface area contributed by atoms with Gasteiger partial charge in [-0.2, -0.15) is 5.10 Å². The molecule has 1 heterocycles. The first-order chi connectivity index (χ1) is 9.53. The fraction of sp³-hybridized carbons (Fsp3) is 0.357. The van der Waals surface area contributed by atoms with Gasteiger partial charge in [-0.05, 0) is 36.6 Å². The quantitative estimate of drug-likeness (QED) is 0.650. The van der Waals surface area contributed by atoms with Crippen LogP contribution in [0.15, 0.2) is 24.3 Å². The van der Waals surface area contributed by atoms with E-state index in [-0.39, 0.29) is 6.04 Å². The van der Waals surface area contributed by atoms with Crippen LogP contribution in [0, 0.1) is 11.6 Å². The molecule has 1 unspecified atom stereocenters. The first-order valence-corrected chi connectivity index (χ1v) is 6.47. The third kappa shape index (κ3) is 3.20. The Bertz CT molecular complexity index is 575. The highest BCUT2D eigenvalue weighted by Gasteiger charge is 2.16. The van der Waals surface area contributed by atoms with Gasteiger partial charge in [-0.15, -0.1) is 0 Å². The molecule has 0 amide bonds. The number of hydrazine groups is 1. The van der Waals surface area contributed by atoms with E-state index in [4.69, 9.17) is 5.84 Å². The summed E-state index contributed by atoms with van der Waals surface area (Å²) in [6, 6.07) is 5.16. The predicted molar refractivity (Wildman–Crippen MR) is 72.7 cm³/mol. The van der Waals surface area contributed by atoms with Gasteiger partial charge in [-0.1, -0.05) is 6.92 Å². The van der Waals surface area contributed by atoms with Gasteiger partial charge in [0.05, 0.1) is 17.4 Å². The van der Waals surface area contributed by atoms with Crippen molar-refractivity contribution in [3.8, 4) is 0 Å². The molecule has 108 valence electrons. The number of halogens is 2. The van der Waals surface area contributed by atoms with Crippen LogP contribution in [0.5, 0.6) is 0 Å². The minimum absolute atomic E-state index is 0.256. The lowest BCUT2D eigenvalue weighted by atomic mass is 10.0. The van der Waals surface area contributed by atoms with E-state index in [2.05, 4.69) is 10.5 Å². The number of nitrogens with two attached hydrogens (primary N) is 1. The van der Waals surface area contributed by atoms with E-state index in [9.17, 15) is 8.78 Å². The summed E-state index contributed by atoms with van der Waals surface area (Å²) in [5.41, 5.74) is 5.06. The van der Waals surface area contributed by atoms with Crippen molar-refractivity contribution < 1.29 is 8.78 Å². The predicted octanol–water partition coefficient (Wildman–Crippen LogP) is 2.01. The topological polar surface area (TPSA) is 55.9 Å². The van der Waals surface area contributed by atoms with Crippen molar-refractivity contribution in [2.24, 2.45) is 12.9 Å². The normalized spacial score (nSPS) is 12.7. The monoisotopic (exact) mass is 280 g/mol. The zero-order valence-electron chi connectivity index (χ0n) is 11.5. The van der Waals surface area contributed by atoms with E-state index in [1.54, 1.807) is 4.68 Å². The number of aryl methyl sites for hydroxylation is 2. The molecule has 0 fully saturated rings. The molecule has 0 saturated carbocycles. The summed E-state index contributed by atoms with van der Waals surface area (Å²) in [7, 11) is 1.82. The lowest BCUT2D eigenvalue weighted by molar-refractivity contribution is 0.503. The van der Waals surface area contributed by atoms with Crippen LogP contribution in [0.2, 0.25) is 0 Å². The van der Waals surface area contributed by atoms with Crippen molar-refractivity contribution in [3.05, 3.63) is 52.9 Å². The van der Waals surface area contributed by atoms with Gasteiger partial charge in [0.2, 0.25) is 0 Å². The molecule has 1 aromatic carbocycles. The number of nitrogens with zero attached hydrogens (tertiary/aromatic N) is 2. The van der Waals surface area contributed by atoms with Crippen LogP contribution in [0.1, 0.15) is 29.9 Å². The van der Waals surface area contributed by atoms with Gasteiger partial charge in [0.15, 0.2) is 0 Å². The molecule has 3 N–H and O–H groups in total. The second kappa shape index (κ2) is 6.11. The Kier molecular flexibility index (Phi) is 4.46. The van der Waals surface area contributed by atoms with Crippen LogP contribution in [0.25, 0.3) is 0 Å². The van der Waals surface area contributed by atoms with Crippen molar-refractivity contribution in [1.29, 1.82) is 0 Å². The summed E-state index contributed by atoms with van der Waals surface area (Å²) < 4.78 is 28.2. The Morgan fingerprint density at radius 3 is 2.40 bits per heavy atom. The van der Waals surface area contributed by atoms with Gasteiger partial charge in [0.25, 0.3) is 0 Å². The Morgan fingerprint density at radius 1 is 1.25 bits per heavy atom. The van der Waals surface area contributed by atoms with Crippen molar-refractivity contribution in [1.82, 2.24) is 15.2 Å². The molecule has 0 bridgehead atoms. The van der Waals surface area contributed by atoms with Crippen molar-refractivity contribution >= 4 is 0 Å². The highest BCUT2D eigenvalue weighted by Crippen LogP contribution is 2.20. The van der Waals surface area contributed by atoms with E-state index >= 15 is 0 Å².